The molecule has 0 fully saturated rings. The number of amides is 1. The fourth-order valence-corrected chi connectivity index (χ4v) is 1.07. The van der Waals surface area contributed by atoms with Gasteiger partial charge in [-0.1, -0.05) is 0 Å². The van der Waals surface area contributed by atoms with Crippen LogP contribution in [0.5, 0.6) is 0 Å². The Balaban J connectivity index is 2.76. The number of nitrogens with one attached hydrogen (secondary N) is 1. The average Bonchev–Trinajstić information content (AvgIpc) is 2.28. The summed E-state index contributed by atoms with van der Waals surface area (Å²) in [5.74, 6) is -2.53. The first kappa shape index (κ1) is 14.7. The Bertz CT molecular complexity index is 552. The number of carbonyl (C=O) groups excluding carboxylic acids is 1. The Morgan fingerprint density at radius 1 is 1.37 bits per heavy atom. The van der Waals surface area contributed by atoms with Gasteiger partial charge in [0.25, 0.3) is 5.56 Å². The number of alkyl halides is 3. The molecule has 10 heteroatoms. The normalized spacial score (nSPS) is 11.1. The van der Waals surface area contributed by atoms with Crippen LogP contribution in [0.1, 0.15) is 10.5 Å². The SMILES string of the molecule is O=C(Cn1nc(C(=O)O)ccc1=O)NCC(F)(F)F. The van der Waals surface area contributed by atoms with Gasteiger partial charge in [0.2, 0.25) is 5.91 Å². The summed E-state index contributed by atoms with van der Waals surface area (Å²) in [5, 5.41) is 13.5. The minimum Gasteiger partial charge on any atom is -0.476 e. The molecule has 0 unspecified atom stereocenters. The van der Waals surface area contributed by atoms with Crippen molar-refractivity contribution in [3.63, 3.8) is 0 Å². The highest BCUT2D eigenvalue weighted by Crippen LogP contribution is 2.11. The van der Waals surface area contributed by atoms with Gasteiger partial charge in [0, 0.05) is 6.07 Å². The van der Waals surface area contributed by atoms with Crippen LogP contribution in [0.4, 0.5) is 13.2 Å². The maximum Gasteiger partial charge on any atom is 0.405 e. The highest BCUT2D eigenvalue weighted by Gasteiger charge is 2.27. The number of carboxylic acid groups (broad SMARTS) is 1. The third-order valence-corrected chi connectivity index (χ3v) is 1.87. The van der Waals surface area contributed by atoms with Crippen LogP contribution in [-0.4, -0.2) is 39.5 Å². The summed E-state index contributed by atoms with van der Waals surface area (Å²) < 4.78 is 35.9. The lowest BCUT2D eigenvalue weighted by Crippen LogP contribution is -2.38. The molecule has 1 aromatic heterocycles. The van der Waals surface area contributed by atoms with Gasteiger partial charge in [-0.25, -0.2) is 9.48 Å². The van der Waals surface area contributed by atoms with Crippen molar-refractivity contribution < 1.29 is 27.9 Å². The molecule has 2 N–H and O–H groups in total. The van der Waals surface area contributed by atoms with Gasteiger partial charge in [-0.05, 0) is 6.07 Å². The van der Waals surface area contributed by atoms with Crippen LogP contribution in [0.2, 0.25) is 0 Å². The Kier molecular flexibility index (Phi) is 4.25. The zero-order chi connectivity index (χ0) is 14.6. The number of hydrogen-bond acceptors (Lipinski definition) is 4. The molecule has 0 bridgehead atoms. The molecule has 0 saturated carbocycles. The predicted octanol–water partition coefficient (Wildman–Crippen LogP) is -0.380. The third-order valence-electron chi connectivity index (χ3n) is 1.87. The van der Waals surface area contributed by atoms with E-state index in [1.807, 2.05) is 0 Å². The van der Waals surface area contributed by atoms with Crippen molar-refractivity contribution in [2.75, 3.05) is 6.54 Å². The molecule has 1 rings (SSSR count). The van der Waals surface area contributed by atoms with Crippen molar-refractivity contribution in [1.82, 2.24) is 15.1 Å². The first-order valence-corrected chi connectivity index (χ1v) is 4.84. The number of aromatic carboxylic acids is 1. The summed E-state index contributed by atoms with van der Waals surface area (Å²) in [4.78, 5) is 33.0. The molecule has 0 radical (unpaired) electrons. The second-order valence-electron chi connectivity index (χ2n) is 3.41. The topological polar surface area (TPSA) is 101 Å². The molecular weight excluding hydrogens is 271 g/mol. The largest absolute Gasteiger partial charge is 0.476 e. The number of halogens is 3. The fourth-order valence-electron chi connectivity index (χ4n) is 1.07. The quantitative estimate of drug-likeness (QED) is 0.782. The van der Waals surface area contributed by atoms with Crippen LogP contribution in [-0.2, 0) is 11.3 Å². The van der Waals surface area contributed by atoms with Crippen LogP contribution in [0.25, 0.3) is 0 Å². The monoisotopic (exact) mass is 279 g/mol. The molecule has 1 aromatic rings. The number of aromatic nitrogens is 2. The average molecular weight is 279 g/mol. The van der Waals surface area contributed by atoms with E-state index in [4.69, 9.17) is 5.11 Å². The van der Waals surface area contributed by atoms with E-state index in [2.05, 4.69) is 5.10 Å². The van der Waals surface area contributed by atoms with Crippen LogP contribution in [0.3, 0.4) is 0 Å². The highest BCUT2D eigenvalue weighted by atomic mass is 19.4. The van der Waals surface area contributed by atoms with E-state index in [1.165, 1.54) is 5.32 Å². The van der Waals surface area contributed by atoms with Gasteiger partial charge in [-0.15, -0.1) is 0 Å². The maximum absolute atomic E-state index is 11.8. The van der Waals surface area contributed by atoms with Crippen molar-refractivity contribution in [2.45, 2.75) is 12.7 Å². The summed E-state index contributed by atoms with van der Waals surface area (Å²) in [5.41, 5.74) is -1.30. The van der Waals surface area contributed by atoms with E-state index < -0.39 is 42.4 Å². The van der Waals surface area contributed by atoms with E-state index in [0.717, 1.165) is 12.1 Å². The zero-order valence-electron chi connectivity index (χ0n) is 9.27. The minimum absolute atomic E-state index is 0.467. The van der Waals surface area contributed by atoms with Crippen LogP contribution < -0.4 is 10.9 Å². The maximum atomic E-state index is 11.8. The van der Waals surface area contributed by atoms with Crippen LogP contribution in [0.15, 0.2) is 16.9 Å². The lowest BCUT2D eigenvalue weighted by atomic mass is 10.4. The fraction of sp³-hybridized carbons (Fsp3) is 0.333. The summed E-state index contributed by atoms with van der Waals surface area (Å²) in [6.07, 6.45) is -4.57. The lowest BCUT2D eigenvalue weighted by Gasteiger charge is -2.09. The number of rotatable bonds is 4. The summed E-state index contributed by atoms with van der Waals surface area (Å²) in [6.45, 7) is -2.34. The van der Waals surface area contributed by atoms with Gasteiger partial charge in [0.1, 0.15) is 13.1 Å². The second-order valence-corrected chi connectivity index (χ2v) is 3.41. The first-order valence-electron chi connectivity index (χ1n) is 4.84. The van der Waals surface area contributed by atoms with Gasteiger partial charge >= 0.3 is 12.1 Å². The molecule has 1 heterocycles. The van der Waals surface area contributed by atoms with Crippen molar-refractivity contribution >= 4 is 11.9 Å². The van der Waals surface area contributed by atoms with E-state index >= 15 is 0 Å². The van der Waals surface area contributed by atoms with Gasteiger partial charge in [0.15, 0.2) is 5.69 Å². The molecule has 0 spiro atoms. The van der Waals surface area contributed by atoms with Crippen molar-refractivity contribution in [1.29, 1.82) is 0 Å². The Morgan fingerprint density at radius 2 is 2.00 bits per heavy atom. The van der Waals surface area contributed by atoms with Gasteiger partial charge in [0.05, 0.1) is 0 Å². The summed E-state index contributed by atoms with van der Waals surface area (Å²) in [7, 11) is 0. The number of carbonyl (C=O) groups is 2. The molecule has 0 saturated heterocycles. The van der Waals surface area contributed by atoms with E-state index in [9.17, 15) is 27.6 Å². The summed E-state index contributed by atoms with van der Waals surface area (Å²) >= 11 is 0. The molecule has 0 aromatic carbocycles. The van der Waals surface area contributed by atoms with Crippen molar-refractivity contribution in [2.24, 2.45) is 0 Å². The standard InChI is InChI=1S/C9H8F3N3O4/c10-9(11,12)4-13-6(16)3-15-7(17)2-1-5(14-15)8(18)19/h1-2H,3-4H2,(H,13,16)(H,18,19). The smallest absolute Gasteiger partial charge is 0.405 e. The predicted molar refractivity (Wildman–Crippen MR) is 54.5 cm³/mol. The number of hydrogen-bond donors (Lipinski definition) is 2. The molecule has 0 aliphatic rings. The van der Waals surface area contributed by atoms with Gasteiger partial charge in [-0.2, -0.15) is 18.3 Å². The molecule has 1 amide bonds. The van der Waals surface area contributed by atoms with E-state index in [-0.39, 0.29) is 0 Å². The van der Waals surface area contributed by atoms with Gasteiger partial charge in [-0.3, -0.25) is 9.59 Å². The molecule has 0 aliphatic carbocycles. The van der Waals surface area contributed by atoms with Crippen molar-refractivity contribution in [3.05, 3.63) is 28.2 Å². The molecule has 7 nitrogen and oxygen atoms in total. The third kappa shape index (κ3) is 4.77. The van der Waals surface area contributed by atoms with Crippen LogP contribution >= 0.6 is 0 Å². The highest BCUT2D eigenvalue weighted by molar-refractivity contribution is 5.85. The molecule has 0 atom stereocenters. The zero-order valence-corrected chi connectivity index (χ0v) is 9.27. The molecule has 19 heavy (non-hydrogen) atoms. The second kappa shape index (κ2) is 5.50. The molecular formula is C9H8F3N3O4. The number of nitrogens with zero attached hydrogens (tertiary/aromatic N) is 2. The number of carboxylic acids is 1. The Morgan fingerprint density at radius 3 is 2.53 bits per heavy atom. The van der Waals surface area contributed by atoms with E-state index in [0.29, 0.717) is 4.68 Å². The van der Waals surface area contributed by atoms with Crippen molar-refractivity contribution in [3.8, 4) is 0 Å². The molecule has 0 aliphatic heterocycles. The Labute approximate surface area is 103 Å². The Hall–Kier alpha value is -2.39. The first-order chi connectivity index (χ1) is 8.69. The lowest BCUT2D eigenvalue weighted by molar-refractivity contribution is -0.138. The summed E-state index contributed by atoms with van der Waals surface area (Å²) in [6, 6.07) is 1.78. The minimum atomic E-state index is -4.57. The molecule has 104 valence electrons. The van der Waals surface area contributed by atoms with E-state index in [1.54, 1.807) is 0 Å². The van der Waals surface area contributed by atoms with Gasteiger partial charge < -0.3 is 10.4 Å². The van der Waals surface area contributed by atoms with Crippen LogP contribution in [0, 0.1) is 0 Å².